The summed E-state index contributed by atoms with van der Waals surface area (Å²) in [6.45, 7) is 3.59. The van der Waals surface area contributed by atoms with Crippen molar-refractivity contribution in [2.24, 2.45) is 5.41 Å². The molecule has 0 fully saturated rings. The molecule has 1 aromatic rings. The Labute approximate surface area is 84.2 Å². The number of nitrogens with zero attached hydrogens (tertiary/aromatic N) is 1. The number of nitriles is 1. The lowest BCUT2D eigenvalue weighted by Crippen LogP contribution is -2.25. The van der Waals surface area contributed by atoms with E-state index in [1.165, 1.54) is 0 Å². The summed E-state index contributed by atoms with van der Waals surface area (Å²) in [5.41, 5.74) is 0.497. The van der Waals surface area contributed by atoms with Gasteiger partial charge in [-0.25, -0.2) is 0 Å². The first-order valence-corrected chi connectivity index (χ1v) is 4.55. The second-order valence-corrected chi connectivity index (χ2v) is 3.99. The van der Waals surface area contributed by atoms with Gasteiger partial charge < -0.3 is 0 Å². The van der Waals surface area contributed by atoms with Crippen LogP contribution in [0.1, 0.15) is 19.4 Å². The molecule has 0 unspecified atom stereocenters. The Morgan fingerprint density at radius 1 is 1.36 bits per heavy atom. The third-order valence-corrected chi connectivity index (χ3v) is 2.21. The lowest BCUT2D eigenvalue weighted by atomic mass is 9.82. The van der Waals surface area contributed by atoms with Crippen LogP contribution in [0.5, 0.6) is 0 Å². The van der Waals surface area contributed by atoms with Gasteiger partial charge in [0.05, 0.1) is 0 Å². The zero-order valence-electron chi connectivity index (χ0n) is 8.45. The van der Waals surface area contributed by atoms with Gasteiger partial charge in [-0.15, -0.1) is 0 Å². The second-order valence-electron chi connectivity index (χ2n) is 3.99. The molecule has 1 aromatic carbocycles. The maximum atomic E-state index is 11.3. The molecule has 2 heteroatoms. The highest BCUT2D eigenvalue weighted by atomic mass is 16.1. The van der Waals surface area contributed by atoms with Crippen LogP contribution >= 0.6 is 0 Å². The van der Waals surface area contributed by atoms with Crippen LogP contribution in [0.15, 0.2) is 30.3 Å². The third-order valence-electron chi connectivity index (χ3n) is 2.21. The molecule has 0 aliphatic heterocycles. The second kappa shape index (κ2) is 4.06. The van der Waals surface area contributed by atoms with E-state index in [1.807, 2.05) is 30.3 Å². The average molecular weight is 187 g/mol. The van der Waals surface area contributed by atoms with Crippen LogP contribution < -0.4 is 0 Å². The molecule has 0 bridgehead atoms. The summed E-state index contributed by atoms with van der Waals surface area (Å²) in [5, 5.41) is 8.55. The van der Waals surface area contributed by atoms with Gasteiger partial charge in [0, 0.05) is 5.41 Å². The van der Waals surface area contributed by atoms with Gasteiger partial charge >= 0.3 is 0 Å². The largest absolute Gasteiger partial charge is 0.282 e. The molecule has 0 aliphatic carbocycles. The lowest BCUT2D eigenvalue weighted by Gasteiger charge is -2.18. The molecule has 14 heavy (non-hydrogen) atoms. The summed E-state index contributed by atoms with van der Waals surface area (Å²) < 4.78 is 0. The molecule has 0 aliphatic rings. The van der Waals surface area contributed by atoms with E-state index in [4.69, 9.17) is 5.26 Å². The molecule has 0 spiro atoms. The number of benzene rings is 1. The van der Waals surface area contributed by atoms with Crippen LogP contribution in [0.3, 0.4) is 0 Å². The van der Waals surface area contributed by atoms with E-state index in [0.717, 1.165) is 5.56 Å². The van der Waals surface area contributed by atoms with E-state index >= 15 is 0 Å². The molecule has 0 amide bonds. The molecule has 0 radical (unpaired) electrons. The van der Waals surface area contributed by atoms with E-state index in [0.29, 0.717) is 6.42 Å². The highest BCUT2D eigenvalue weighted by molar-refractivity contribution is 5.97. The summed E-state index contributed by atoms with van der Waals surface area (Å²) in [7, 11) is 0. The van der Waals surface area contributed by atoms with Gasteiger partial charge in [0.1, 0.15) is 6.07 Å². The average Bonchev–Trinajstić information content (AvgIpc) is 2.17. The first-order valence-electron chi connectivity index (χ1n) is 4.55. The number of carbonyl (C=O) groups excluding carboxylic acids is 1. The lowest BCUT2D eigenvalue weighted by molar-refractivity contribution is -0.121. The van der Waals surface area contributed by atoms with Crippen molar-refractivity contribution < 1.29 is 4.79 Å². The Balaban J connectivity index is 2.80. The van der Waals surface area contributed by atoms with Crippen molar-refractivity contribution in [3.63, 3.8) is 0 Å². The number of hydrogen-bond acceptors (Lipinski definition) is 2. The Hall–Kier alpha value is -1.62. The smallest absolute Gasteiger partial charge is 0.237 e. The summed E-state index contributed by atoms with van der Waals surface area (Å²) in [6, 6.07) is 11.4. The molecule has 2 nitrogen and oxygen atoms in total. The van der Waals surface area contributed by atoms with E-state index in [1.54, 1.807) is 19.9 Å². The maximum Gasteiger partial charge on any atom is 0.237 e. The summed E-state index contributed by atoms with van der Waals surface area (Å²) in [4.78, 5) is 11.3. The number of Topliss-reactive ketones (excluding diaryl/α,β-unsaturated/α-hetero) is 1. The summed E-state index contributed by atoms with van der Waals surface area (Å²) in [5.74, 6) is -0.360. The fourth-order valence-corrected chi connectivity index (χ4v) is 1.34. The fraction of sp³-hybridized carbons (Fsp3) is 0.333. The van der Waals surface area contributed by atoms with E-state index in [-0.39, 0.29) is 5.78 Å². The highest BCUT2D eigenvalue weighted by Gasteiger charge is 2.27. The molecule has 1 rings (SSSR count). The standard InChI is InChI=1S/C12H13NO/c1-12(2,11(14)9-13)8-10-6-4-3-5-7-10/h3-7H,8H2,1-2H3. The maximum absolute atomic E-state index is 11.3. The predicted octanol–water partition coefficient (Wildman–Crippen LogP) is 2.35. The minimum Gasteiger partial charge on any atom is -0.282 e. The van der Waals surface area contributed by atoms with Crippen molar-refractivity contribution in [1.29, 1.82) is 5.26 Å². The van der Waals surface area contributed by atoms with Gasteiger partial charge in [-0.3, -0.25) is 4.79 Å². The SMILES string of the molecule is CC(C)(Cc1ccccc1)C(=O)C#N. The van der Waals surface area contributed by atoms with Crippen molar-refractivity contribution in [1.82, 2.24) is 0 Å². The topological polar surface area (TPSA) is 40.9 Å². The Morgan fingerprint density at radius 3 is 2.43 bits per heavy atom. The first-order chi connectivity index (χ1) is 6.56. The molecule has 0 heterocycles. The zero-order valence-corrected chi connectivity index (χ0v) is 8.45. The van der Waals surface area contributed by atoms with Crippen LogP contribution in [0.2, 0.25) is 0 Å². The molecule has 0 aromatic heterocycles. The quantitative estimate of drug-likeness (QED) is 0.681. The van der Waals surface area contributed by atoms with Gasteiger partial charge in [0.2, 0.25) is 5.78 Å². The molecule has 0 N–H and O–H groups in total. The number of rotatable bonds is 3. The van der Waals surface area contributed by atoms with E-state index in [2.05, 4.69) is 0 Å². The van der Waals surface area contributed by atoms with Gasteiger partial charge in [0.25, 0.3) is 0 Å². The van der Waals surface area contributed by atoms with Crippen LogP contribution in [-0.2, 0) is 11.2 Å². The summed E-state index contributed by atoms with van der Waals surface area (Å²) in [6.07, 6.45) is 0.611. The minimum atomic E-state index is -0.587. The van der Waals surface area contributed by atoms with E-state index < -0.39 is 5.41 Å². The Morgan fingerprint density at radius 2 is 1.93 bits per heavy atom. The minimum absolute atomic E-state index is 0.360. The number of ketones is 1. The molecular formula is C12H13NO. The number of carbonyl (C=O) groups is 1. The first kappa shape index (κ1) is 10.5. The molecule has 0 saturated carbocycles. The molecule has 0 atom stereocenters. The van der Waals surface area contributed by atoms with Crippen molar-refractivity contribution in [3.8, 4) is 6.07 Å². The fourth-order valence-electron chi connectivity index (χ4n) is 1.34. The van der Waals surface area contributed by atoms with Crippen LogP contribution in [-0.4, -0.2) is 5.78 Å². The van der Waals surface area contributed by atoms with Gasteiger partial charge in [-0.2, -0.15) is 5.26 Å². The van der Waals surface area contributed by atoms with Crippen LogP contribution in [0.25, 0.3) is 0 Å². The predicted molar refractivity (Wildman–Crippen MR) is 54.5 cm³/mol. The monoisotopic (exact) mass is 187 g/mol. The van der Waals surface area contributed by atoms with Gasteiger partial charge in [0.15, 0.2) is 0 Å². The van der Waals surface area contributed by atoms with E-state index in [9.17, 15) is 4.79 Å². The van der Waals surface area contributed by atoms with Crippen molar-refractivity contribution in [3.05, 3.63) is 35.9 Å². The highest BCUT2D eigenvalue weighted by Crippen LogP contribution is 2.22. The van der Waals surface area contributed by atoms with Crippen molar-refractivity contribution in [2.75, 3.05) is 0 Å². The zero-order chi connectivity index (χ0) is 10.6. The number of hydrogen-bond donors (Lipinski definition) is 0. The van der Waals surface area contributed by atoms with Crippen molar-refractivity contribution >= 4 is 5.78 Å². The normalized spacial score (nSPS) is 10.6. The van der Waals surface area contributed by atoms with Crippen LogP contribution in [0, 0.1) is 16.7 Å². The molecular weight excluding hydrogens is 174 g/mol. The van der Waals surface area contributed by atoms with Crippen LogP contribution in [0.4, 0.5) is 0 Å². The van der Waals surface area contributed by atoms with Gasteiger partial charge in [-0.05, 0) is 12.0 Å². The molecule has 72 valence electrons. The Bertz CT molecular complexity index is 360. The Kier molecular flexibility index (Phi) is 3.03. The molecule has 0 saturated heterocycles. The van der Waals surface area contributed by atoms with Crippen molar-refractivity contribution in [2.45, 2.75) is 20.3 Å². The summed E-state index contributed by atoms with van der Waals surface area (Å²) >= 11 is 0. The van der Waals surface area contributed by atoms with Gasteiger partial charge in [-0.1, -0.05) is 44.2 Å². The third kappa shape index (κ3) is 2.43.